The minimum atomic E-state index is -0.497. The fourth-order valence-electron chi connectivity index (χ4n) is 4.29. The van der Waals surface area contributed by atoms with Gasteiger partial charge in [0, 0.05) is 30.8 Å². The van der Waals surface area contributed by atoms with Crippen LogP contribution in [0.2, 0.25) is 0 Å². The number of imide groups is 1. The van der Waals surface area contributed by atoms with E-state index in [9.17, 15) is 14.4 Å². The lowest BCUT2D eigenvalue weighted by Crippen LogP contribution is -2.49. The number of piperidine rings is 1. The fourth-order valence-corrected chi connectivity index (χ4v) is 4.29. The molecule has 0 spiro atoms. The van der Waals surface area contributed by atoms with E-state index < -0.39 is 5.60 Å². The van der Waals surface area contributed by atoms with E-state index >= 15 is 0 Å². The molecule has 3 amide bonds. The zero-order chi connectivity index (χ0) is 24.6. The molecule has 2 aliphatic heterocycles. The molecule has 3 aliphatic rings. The molecule has 2 heterocycles. The minimum absolute atomic E-state index is 0.0768. The molecular formula is C26H40N2O5. The van der Waals surface area contributed by atoms with Gasteiger partial charge in [-0.15, -0.1) is 0 Å². The van der Waals surface area contributed by atoms with Gasteiger partial charge in [0.15, 0.2) is 0 Å². The highest BCUT2D eigenvalue weighted by Crippen LogP contribution is 2.42. The van der Waals surface area contributed by atoms with E-state index in [0.717, 1.165) is 19.3 Å². The highest BCUT2D eigenvalue weighted by atomic mass is 16.6. The Hall–Kier alpha value is -2.15. The van der Waals surface area contributed by atoms with Crippen molar-refractivity contribution < 1.29 is 23.9 Å². The SMILES string of the molecule is CC(C)(C)OC(=O)N1CCC(OCC(C)(C)C(C)(C)CN2C(=O)C3=C(CCC=C3)C2=O)CC1. The van der Waals surface area contributed by atoms with Gasteiger partial charge in [0.05, 0.1) is 12.7 Å². The van der Waals surface area contributed by atoms with Gasteiger partial charge < -0.3 is 14.4 Å². The molecule has 0 saturated carbocycles. The number of hydrogen-bond donors (Lipinski definition) is 0. The lowest BCUT2D eigenvalue weighted by atomic mass is 9.68. The Bertz CT molecular complexity index is 854. The number of hydrogen-bond acceptors (Lipinski definition) is 5. The normalized spacial score (nSPS) is 20.6. The Kier molecular flexibility index (Phi) is 7.13. The van der Waals surface area contributed by atoms with Gasteiger partial charge in [-0.05, 0) is 57.3 Å². The van der Waals surface area contributed by atoms with Gasteiger partial charge in [-0.2, -0.15) is 0 Å². The molecule has 1 aliphatic carbocycles. The molecule has 33 heavy (non-hydrogen) atoms. The first-order valence-electron chi connectivity index (χ1n) is 12.1. The summed E-state index contributed by atoms with van der Waals surface area (Å²) in [5.74, 6) is -0.316. The maximum Gasteiger partial charge on any atom is 0.410 e. The van der Waals surface area contributed by atoms with Crippen LogP contribution in [0.4, 0.5) is 4.79 Å². The van der Waals surface area contributed by atoms with E-state index in [1.807, 2.05) is 26.8 Å². The summed E-state index contributed by atoms with van der Waals surface area (Å²) < 4.78 is 11.8. The Morgan fingerprint density at radius 3 is 2.21 bits per heavy atom. The van der Waals surface area contributed by atoms with Gasteiger partial charge in [0.2, 0.25) is 0 Å². The number of allylic oxidation sites excluding steroid dienone is 1. The number of carbonyl (C=O) groups is 3. The quantitative estimate of drug-likeness (QED) is 0.547. The summed E-state index contributed by atoms with van der Waals surface area (Å²) in [4.78, 5) is 41.2. The van der Waals surface area contributed by atoms with Crippen molar-refractivity contribution in [3.63, 3.8) is 0 Å². The molecular weight excluding hydrogens is 420 g/mol. The second-order valence-electron chi connectivity index (χ2n) is 11.8. The van der Waals surface area contributed by atoms with Crippen LogP contribution in [0.1, 0.15) is 74.1 Å². The average molecular weight is 461 g/mol. The van der Waals surface area contributed by atoms with Crippen molar-refractivity contribution in [2.45, 2.75) is 85.9 Å². The summed E-state index contributed by atoms with van der Waals surface area (Å²) in [7, 11) is 0. The maximum absolute atomic E-state index is 12.9. The average Bonchev–Trinajstić information content (AvgIpc) is 2.96. The van der Waals surface area contributed by atoms with Crippen LogP contribution in [0.25, 0.3) is 0 Å². The summed E-state index contributed by atoms with van der Waals surface area (Å²) in [5.41, 5.74) is 0.114. The molecule has 0 N–H and O–H groups in total. The van der Waals surface area contributed by atoms with E-state index in [1.54, 1.807) is 11.0 Å². The summed E-state index contributed by atoms with van der Waals surface area (Å²) in [6, 6.07) is 0. The number of rotatable bonds is 6. The van der Waals surface area contributed by atoms with Gasteiger partial charge in [-0.25, -0.2) is 4.79 Å². The Morgan fingerprint density at radius 2 is 1.64 bits per heavy atom. The first-order valence-corrected chi connectivity index (χ1v) is 12.1. The summed E-state index contributed by atoms with van der Waals surface area (Å²) in [5, 5.41) is 0. The number of ether oxygens (including phenoxy) is 2. The summed E-state index contributed by atoms with van der Waals surface area (Å²) >= 11 is 0. The summed E-state index contributed by atoms with van der Waals surface area (Å²) in [6.45, 7) is 16.2. The largest absolute Gasteiger partial charge is 0.444 e. The van der Waals surface area contributed by atoms with Gasteiger partial charge >= 0.3 is 6.09 Å². The molecule has 0 radical (unpaired) electrons. The smallest absolute Gasteiger partial charge is 0.410 e. The first-order chi connectivity index (χ1) is 15.2. The summed E-state index contributed by atoms with van der Waals surface area (Å²) in [6.07, 6.45) is 6.54. The van der Waals surface area contributed by atoms with Gasteiger partial charge in [0.25, 0.3) is 11.8 Å². The van der Waals surface area contributed by atoms with Crippen molar-refractivity contribution in [1.82, 2.24) is 9.80 Å². The first kappa shape index (κ1) is 25.5. The van der Waals surface area contributed by atoms with Gasteiger partial charge in [-0.1, -0.05) is 39.8 Å². The topological polar surface area (TPSA) is 76.2 Å². The van der Waals surface area contributed by atoms with E-state index in [-0.39, 0.29) is 34.8 Å². The zero-order valence-electron chi connectivity index (χ0n) is 21.3. The van der Waals surface area contributed by atoms with E-state index in [1.165, 1.54) is 4.90 Å². The van der Waals surface area contributed by atoms with Crippen LogP contribution in [-0.2, 0) is 19.1 Å². The Balaban J connectivity index is 1.52. The maximum atomic E-state index is 12.9. The molecule has 7 heteroatoms. The van der Waals surface area contributed by atoms with Crippen molar-refractivity contribution in [3.05, 3.63) is 23.3 Å². The second-order valence-corrected chi connectivity index (χ2v) is 11.8. The monoisotopic (exact) mass is 460 g/mol. The fraction of sp³-hybridized carbons (Fsp3) is 0.731. The lowest BCUT2D eigenvalue weighted by molar-refractivity contribution is -0.142. The van der Waals surface area contributed by atoms with Crippen LogP contribution in [0.3, 0.4) is 0 Å². The molecule has 0 aromatic heterocycles. The number of carbonyl (C=O) groups excluding carboxylic acids is 3. The van der Waals surface area contributed by atoms with Crippen LogP contribution in [0, 0.1) is 10.8 Å². The van der Waals surface area contributed by atoms with Crippen molar-refractivity contribution in [1.29, 1.82) is 0 Å². The predicted molar refractivity (Wildman–Crippen MR) is 126 cm³/mol. The van der Waals surface area contributed by atoms with Crippen LogP contribution < -0.4 is 0 Å². The van der Waals surface area contributed by atoms with Crippen LogP contribution >= 0.6 is 0 Å². The number of nitrogens with zero attached hydrogens (tertiary/aromatic N) is 2. The van der Waals surface area contributed by atoms with Crippen LogP contribution in [0.15, 0.2) is 23.3 Å². The molecule has 184 valence electrons. The lowest BCUT2D eigenvalue weighted by Gasteiger charge is -2.44. The van der Waals surface area contributed by atoms with Crippen LogP contribution in [0.5, 0.6) is 0 Å². The molecule has 0 atom stereocenters. The highest BCUT2D eigenvalue weighted by Gasteiger charge is 2.45. The van der Waals surface area contributed by atoms with Crippen LogP contribution in [-0.4, -0.2) is 65.7 Å². The molecule has 3 rings (SSSR count). The zero-order valence-corrected chi connectivity index (χ0v) is 21.3. The number of amides is 3. The van der Waals surface area contributed by atoms with E-state index in [2.05, 4.69) is 27.7 Å². The molecule has 0 bridgehead atoms. The van der Waals surface area contributed by atoms with Gasteiger partial charge in [-0.3, -0.25) is 14.5 Å². The highest BCUT2D eigenvalue weighted by molar-refractivity contribution is 6.20. The third kappa shape index (κ3) is 5.68. The van der Waals surface area contributed by atoms with Crippen molar-refractivity contribution in [2.24, 2.45) is 10.8 Å². The van der Waals surface area contributed by atoms with Crippen molar-refractivity contribution in [3.8, 4) is 0 Å². The standard InChI is InChI=1S/C26H40N2O5/c1-24(2,3)33-23(31)27-14-12-18(13-15-27)32-17-26(6,7)25(4,5)16-28-21(29)19-10-8-9-11-20(19)22(28)30/h8,10,18H,9,11-17H2,1-7H3. The molecule has 0 unspecified atom stereocenters. The minimum Gasteiger partial charge on any atom is -0.444 e. The molecule has 1 fully saturated rings. The third-order valence-electron chi connectivity index (χ3n) is 7.31. The van der Waals surface area contributed by atoms with Crippen molar-refractivity contribution in [2.75, 3.05) is 26.2 Å². The Morgan fingerprint density at radius 1 is 1.00 bits per heavy atom. The van der Waals surface area contributed by atoms with E-state index in [4.69, 9.17) is 9.47 Å². The van der Waals surface area contributed by atoms with Gasteiger partial charge in [0.1, 0.15) is 5.60 Å². The number of likely N-dealkylation sites (tertiary alicyclic amines) is 1. The molecule has 0 aromatic carbocycles. The molecule has 1 saturated heterocycles. The third-order valence-corrected chi connectivity index (χ3v) is 7.31. The van der Waals surface area contributed by atoms with E-state index in [0.29, 0.717) is 43.8 Å². The molecule has 0 aromatic rings. The van der Waals surface area contributed by atoms with Crippen molar-refractivity contribution >= 4 is 17.9 Å². The Labute approximate surface area is 198 Å². The molecule has 7 nitrogen and oxygen atoms in total. The second kappa shape index (κ2) is 9.24. The predicted octanol–water partition coefficient (Wildman–Crippen LogP) is 4.47.